The van der Waals surface area contributed by atoms with E-state index >= 15 is 0 Å². The second kappa shape index (κ2) is 17.4. The number of anilines is 4. The van der Waals surface area contributed by atoms with Gasteiger partial charge in [0.15, 0.2) is 0 Å². The number of ether oxygens (including phenoxy) is 1. The molecule has 0 radical (unpaired) electrons. The number of carbonyl (C=O) groups is 5. The Morgan fingerprint density at radius 2 is 1.77 bits per heavy atom. The fourth-order valence-electron chi connectivity index (χ4n) is 8.34. The molecule has 3 aromatic carbocycles. The number of hydrogen-bond acceptors (Lipinski definition) is 11. The number of imide groups is 2. The normalized spacial score (nSPS) is 16.9. The van der Waals surface area contributed by atoms with Crippen LogP contribution in [0, 0.1) is 0 Å². The van der Waals surface area contributed by atoms with E-state index in [-0.39, 0.29) is 35.9 Å². The molecule has 0 spiro atoms. The highest BCUT2D eigenvalue weighted by Crippen LogP contribution is 2.36. The Morgan fingerprint density at radius 3 is 2.57 bits per heavy atom. The van der Waals surface area contributed by atoms with Gasteiger partial charge in [0.2, 0.25) is 23.7 Å². The number of halogens is 1. The minimum absolute atomic E-state index is 0.0657. The third-order valence-electron chi connectivity index (χ3n) is 11.6. The maximum atomic E-state index is 13.4. The molecule has 8 rings (SSSR count). The molecule has 0 saturated carbocycles. The van der Waals surface area contributed by atoms with Crippen molar-refractivity contribution < 1.29 is 28.7 Å². The first-order valence-corrected chi connectivity index (χ1v) is 20.6. The molecule has 60 heavy (non-hydrogen) atoms. The van der Waals surface area contributed by atoms with Crippen LogP contribution in [0.2, 0.25) is 5.02 Å². The van der Waals surface area contributed by atoms with Gasteiger partial charge in [-0.05, 0) is 62.4 Å². The molecule has 2 fully saturated rings. The Kier molecular flexibility index (Phi) is 11.7. The molecule has 16 heteroatoms. The van der Waals surface area contributed by atoms with Gasteiger partial charge in [0, 0.05) is 85.7 Å². The molecule has 5 amide bonds. The first-order valence-electron chi connectivity index (χ1n) is 20.2. The molecule has 3 aliphatic rings. The summed E-state index contributed by atoms with van der Waals surface area (Å²) in [5.74, 6) is -0.966. The van der Waals surface area contributed by atoms with Crippen LogP contribution >= 0.6 is 11.6 Å². The molecule has 4 N–H and O–H groups in total. The minimum atomic E-state index is -1.01. The van der Waals surface area contributed by atoms with Gasteiger partial charge in [0.25, 0.3) is 11.8 Å². The van der Waals surface area contributed by atoms with Crippen molar-refractivity contribution in [2.75, 3.05) is 49.3 Å². The van der Waals surface area contributed by atoms with Gasteiger partial charge in [-0.25, -0.2) is 9.97 Å². The number of fused-ring (bicyclic) bond motifs is 2. The van der Waals surface area contributed by atoms with Gasteiger partial charge >= 0.3 is 0 Å². The molecule has 5 aromatic rings. The highest BCUT2D eigenvalue weighted by Gasteiger charge is 2.45. The lowest BCUT2D eigenvalue weighted by Crippen LogP contribution is -2.54. The number of rotatable bonds is 14. The number of H-pyrrole nitrogens is 1. The molecule has 2 aromatic heterocycles. The molecule has 0 aliphatic carbocycles. The number of nitrogens with one attached hydrogen (secondary N) is 4. The lowest BCUT2D eigenvalue weighted by molar-refractivity contribution is -0.136. The Balaban J connectivity index is 0.786. The summed E-state index contributed by atoms with van der Waals surface area (Å²) in [7, 11) is 3.52. The van der Waals surface area contributed by atoms with Gasteiger partial charge in [-0.15, -0.1) is 0 Å². The van der Waals surface area contributed by atoms with Gasteiger partial charge < -0.3 is 30.2 Å². The van der Waals surface area contributed by atoms with Crippen molar-refractivity contribution >= 4 is 75.1 Å². The second-order valence-corrected chi connectivity index (χ2v) is 15.7. The molecule has 1 unspecified atom stereocenters. The fourth-order valence-corrected chi connectivity index (χ4v) is 8.53. The smallest absolute Gasteiger partial charge is 0.264 e. The van der Waals surface area contributed by atoms with Gasteiger partial charge in [-0.2, -0.15) is 0 Å². The number of amides is 5. The van der Waals surface area contributed by atoms with Gasteiger partial charge in [-0.3, -0.25) is 34.2 Å². The van der Waals surface area contributed by atoms with Crippen LogP contribution in [0.15, 0.2) is 73.1 Å². The van der Waals surface area contributed by atoms with Crippen molar-refractivity contribution in [3.05, 3.63) is 89.2 Å². The van der Waals surface area contributed by atoms with Crippen LogP contribution in [0.1, 0.15) is 72.1 Å². The van der Waals surface area contributed by atoms with Crippen molar-refractivity contribution in [2.45, 2.75) is 63.5 Å². The molecule has 5 heterocycles. The third-order valence-corrected chi connectivity index (χ3v) is 11.9. The summed E-state index contributed by atoms with van der Waals surface area (Å²) in [6.07, 6.45) is 8.07. The van der Waals surface area contributed by atoms with Crippen molar-refractivity contribution in [3.63, 3.8) is 0 Å². The summed E-state index contributed by atoms with van der Waals surface area (Å²) in [6.45, 7) is 2.13. The van der Waals surface area contributed by atoms with Gasteiger partial charge in [0.1, 0.15) is 11.8 Å². The van der Waals surface area contributed by atoms with Crippen molar-refractivity contribution in [3.8, 4) is 17.0 Å². The second-order valence-electron chi connectivity index (χ2n) is 15.3. The van der Waals surface area contributed by atoms with Crippen LogP contribution in [0.4, 0.5) is 23.0 Å². The molecule has 15 nitrogen and oxygen atoms in total. The summed E-state index contributed by atoms with van der Waals surface area (Å²) in [4.78, 5) is 81.4. The highest BCUT2D eigenvalue weighted by molar-refractivity contribution is 6.33. The average molecular weight is 832 g/mol. The maximum absolute atomic E-state index is 13.4. The van der Waals surface area contributed by atoms with Crippen LogP contribution in [-0.2, 0) is 14.4 Å². The summed E-state index contributed by atoms with van der Waals surface area (Å²) < 4.78 is 5.78. The van der Waals surface area contributed by atoms with Crippen LogP contribution < -0.4 is 25.6 Å². The Bertz CT molecular complexity index is 2480. The van der Waals surface area contributed by atoms with E-state index in [0.29, 0.717) is 41.1 Å². The standard InChI is InChI=1S/C44H46ClN9O6/c1-52(38(56)13-4-3-7-20-46-34-12-8-10-29-39(34)43(59)54(42(29)58)35-16-17-37(55)50-41(35)57)26-18-21-53(22-19-26)27-14-15-33(36(23-27)60-2)49-44-48-25-31(45)40(51-44)30-24-47-32-11-6-5-9-28(30)32/h5-6,8-12,14-15,23-26,35,46-47H,3-4,7,13,16-22H2,1-2H3,(H,48,49,51)(H,50,55,57). The quantitative estimate of drug-likeness (QED) is 0.0706. The van der Waals surface area contributed by atoms with Crippen LogP contribution in [0.25, 0.3) is 22.2 Å². The molecule has 1 atom stereocenters. The highest BCUT2D eigenvalue weighted by atomic mass is 35.5. The van der Waals surface area contributed by atoms with E-state index in [1.54, 1.807) is 31.5 Å². The van der Waals surface area contributed by atoms with Crippen molar-refractivity contribution in [1.82, 2.24) is 30.1 Å². The minimum Gasteiger partial charge on any atom is -0.494 e. The zero-order valence-corrected chi connectivity index (χ0v) is 34.2. The Labute approximate surface area is 351 Å². The zero-order valence-electron chi connectivity index (χ0n) is 33.4. The summed E-state index contributed by atoms with van der Waals surface area (Å²) in [5, 5.41) is 10.3. The average Bonchev–Trinajstić information content (AvgIpc) is 3.80. The number of methoxy groups -OCH3 is 1. The first-order chi connectivity index (χ1) is 29.1. The Morgan fingerprint density at radius 1 is 0.950 bits per heavy atom. The molecule has 310 valence electrons. The maximum Gasteiger partial charge on any atom is 0.264 e. The molecule has 3 aliphatic heterocycles. The van der Waals surface area contributed by atoms with Crippen molar-refractivity contribution in [1.29, 1.82) is 0 Å². The number of benzene rings is 3. The zero-order chi connectivity index (χ0) is 41.9. The lowest BCUT2D eigenvalue weighted by atomic mass is 10.0. The largest absolute Gasteiger partial charge is 0.494 e. The van der Waals surface area contributed by atoms with Crippen LogP contribution in [0.5, 0.6) is 5.75 Å². The first kappa shape index (κ1) is 40.3. The predicted molar refractivity (Wildman–Crippen MR) is 229 cm³/mol. The van der Waals surface area contributed by atoms with Crippen molar-refractivity contribution in [2.24, 2.45) is 0 Å². The van der Waals surface area contributed by atoms with E-state index in [1.165, 1.54) is 0 Å². The number of nitrogens with zero attached hydrogens (tertiary/aromatic N) is 5. The summed E-state index contributed by atoms with van der Waals surface area (Å²) in [6, 6.07) is 18.1. The number of carbonyl (C=O) groups excluding carboxylic acids is 5. The lowest BCUT2D eigenvalue weighted by Gasteiger charge is -2.38. The predicted octanol–water partition coefficient (Wildman–Crippen LogP) is 6.53. The number of aromatic nitrogens is 3. The molecular weight excluding hydrogens is 786 g/mol. The number of aromatic amines is 1. The SMILES string of the molecule is COc1cc(N2CCC(N(C)C(=O)CCCCCNc3cccc4c3C(=O)N(C3CCC(=O)NC3=O)C4=O)CC2)ccc1Nc1ncc(Cl)c(-c2c[nH]c3ccccc23)n1. The van der Waals surface area contributed by atoms with Crippen LogP contribution in [0.3, 0.4) is 0 Å². The van der Waals surface area contributed by atoms with E-state index in [2.05, 4.69) is 30.8 Å². The van der Waals surface area contributed by atoms with E-state index < -0.39 is 29.7 Å². The summed E-state index contributed by atoms with van der Waals surface area (Å²) >= 11 is 6.55. The molecule has 2 saturated heterocycles. The number of piperidine rings is 2. The fraction of sp³-hybridized carbons (Fsp3) is 0.341. The number of unbranched alkanes of at least 4 members (excludes halogenated alkanes) is 2. The monoisotopic (exact) mass is 831 g/mol. The van der Waals surface area contributed by atoms with E-state index in [4.69, 9.17) is 21.3 Å². The third kappa shape index (κ3) is 8.09. The molecule has 0 bridgehead atoms. The van der Waals surface area contributed by atoms with E-state index in [0.717, 1.165) is 77.9 Å². The van der Waals surface area contributed by atoms with Crippen LogP contribution in [-0.4, -0.2) is 100 Å². The molecular formula is C44H46ClN9O6. The van der Waals surface area contributed by atoms with Gasteiger partial charge in [-0.1, -0.05) is 42.3 Å². The van der Waals surface area contributed by atoms with E-state index in [9.17, 15) is 24.0 Å². The van der Waals surface area contributed by atoms with E-state index in [1.807, 2.05) is 60.6 Å². The Hall–Kier alpha value is -6.48. The number of hydrogen-bond donors (Lipinski definition) is 4. The topological polar surface area (TPSA) is 182 Å². The summed E-state index contributed by atoms with van der Waals surface area (Å²) in [5.41, 5.74) is 5.25. The number of para-hydroxylation sites is 1. The van der Waals surface area contributed by atoms with Gasteiger partial charge in [0.05, 0.1) is 40.8 Å².